The van der Waals surface area contributed by atoms with Gasteiger partial charge in [0.25, 0.3) is 0 Å². The molecule has 2 fully saturated rings. The Morgan fingerprint density at radius 1 is 1.28 bits per heavy atom. The third-order valence-corrected chi connectivity index (χ3v) is 4.43. The van der Waals surface area contributed by atoms with Crippen molar-refractivity contribution in [3.63, 3.8) is 0 Å². The van der Waals surface area contributed by atoms with Gasteiger partial charge in [0.15, 0.2) is 0 Å². The van der Waals surface area contributed by atoms with Crippen LogP contribution in [0.25, 0.3) is 10.9 Å². The topological polar surface area (TPSA) is 44.0 Å². The summed E-state index contributed by atoms with van der Waals surface area (Å²) in [5.74, 6) is 0.832. The van der Waals surface area contributed by atoms with Gasteiger partial charge >= 0.3 is 0 Å². The van der Waals surface area contributed by atoms with E-state index >= 15 is 0 Å². The standard InChI is InChI=1S/C14H18N4/c1-2-14-11(8-15-17-14)7-12(1)16-13-4-6-18-5-3-10(13)9-18/h1-2,7-8,10,13,16H,3-6,9H2,(H,15,17). The molecule has 0 radical (unpaired) electrons. The summed E-state index contributed by atoms with van der Waals surface area (Å²) < 4.78 is 0. The SMILES string of the molecule is c1cc2[nH]ncc2cc1NC1CCN2CCC1C2. The number of piperidine rings is 1. The molecule has 2 bridgehead atoms. The van der Waals surface area contributed by atoms with Crippen LogP contribution in [0.15, 0.2) is 24.4 Å². The van der Waals surface area contributed by atoms with Crippen LogP contribution in [0, 0.1) is 5.92 Å². The van der Waals surface area contributed by atoms with Crippen LogP contribution in [-0.4, -0.2) is 40.8 Å². The van der Waals surface area contributed by atoms with Crippen LogP contribution in [0.4, 0.5) is 5.69 Å². The van der Waals surface area contributed by atoms with Gasteiger partial charge < -0.3 is 10.2 Å². The van der Waals surface area contributed by atoms with Crippen molar-refractivity contribution >= 4 is 16.6 Å². The van der Waals surface area contributed by atoms with E-state index in [1.807, 2.05) is 6.20 Å². The monoisotopic (exact) mass is 242 g/mol. The number of fused-ring (bicyclic) bond motifs is 3. The van der Waals surface area contributed by atoms with Crippen LogP contribution in [0.1, 0.15) is 12.8 Å². The molecule has 1 aromatic carbocycles. The lowest BCUT2D eigenvalue weighted by atomic mass is 9.94. The predicted octanol–water partition coefficient (Wildman–Crippen LogP) is 2.07. The zero-order valence-corrected chi connectivity index (χ0v) is 10.4. The van der Waals surface area contributed by atoms with Crippen molar-refractivity contribution in [1.82, 2.24) is 15.1 Å². The number of rotatable bonds is 2. The molecular formula is C14H18N4. The summed E-state index contributed by atoms with van der Waals surface area (Å²) in [5, 5.41) is 12.0. The molecule has 2 N–H and O–H groups in total. The Bertz CT molecular complexity index is 562. The number of anilines is 1. The molecule has 4 heteroatoms. The molecule has 94 valence electrons. The van der Waals surface area contributed by atoms with Gasteiger partial charge in [-0.1, -0.05) is 0 Å². The minimum absolute atomic E-state index is 0.646. The molecule has 2 aliphatic rings. The third-order valence-electron chi connectivity index (χ3n) is 4.43. The second-order valence-corrected chi connectivity index (χ2v) is 5.56. The van der Waals surface area contributed by atoms with Crippen molar-refractivity contribution in [2.75, 3.05) is 25.0 Å². The zero-order chi connectivity index (χ0) is 11.9. The van der Waals surface area contributed by atoms with Gasteiger partial charge in [-0.05, 0) is 43.5 Å². The van der Waals surface area contributed by atoms with Crippen LogP contribution in [-0.2, 0) is 0 Å². The van der Waals surface area contributed by atoms with E-state index in [2.05, 4.69) is 38.6 Å². The zero-order valence-electron chi connectivity index (χ0n) is 10.4. The van der Waals surface area contributed by atoms with E-state index in [0.717, 1.165) is 11.4 Å². The average molecular weight is 242 g/mol. The van der Waals surface area contributed by atoms with Crippen molar-refractivity contribution in [2.24, 2.45) is 5.92 Å². The summed E-state index contributed by atoms with van der Waals surface area (Å²) in [7, 11) is 0. The highest BCUT2D eigenvalue weighted by Gasteiger charge is 2.33. The van der Waals surface area contributed by atoms with E-state index in [1.165, 1.54) is 43.5 Å². The molecular weight excluding hydrogens is 224 g/mol. The van der Waals surface area contributed by atoms with Crippen molar-refractivity contribution in [2.45, 2.75) is 18.9 Å². The molecule has 1 aromatic heterocycles. The van der Waals surface area contributed by atoms with E-state index in [9.17, 15) is 0 Å². The first-order chi connectivity index (χ1) is 8.88. The Balaban J connectivity index is 1.56. The molecule has 2 aromatic rings. The highest BCUT2D eigenvalue weighted by Crippen LogP contribution is 2.30. The van der Waals surface area contributed by atoms with E-state index in [0.29, 0.717) is 6.04 Å². The van der Waals surface area contributed by atoms with Crippen molar-refractivity contribution < 1.29 is 0 Å². The number of nitrogens with zero attached hydrogens (tertiary/aromatic N) is 2. The van der Waals surface area contributed by atoms with Crippen LogP contribution in [0.5, 0.6) is 0 Å². The number of H-pyrrole nitrogens is 1. The fraction of sp³-hybridized carbons (Fsp3) is 0.500. The fourth-order valence-corrected chi connectivity index (χ4v) is 3.39. The predicted molar refractivity (Wildman–Crippen MR) is 72.7 cm³/mol. The number of nitrogens with one attached hydrogen (secondary N) is 2. The van der Waals surface area contributed by atoms with Gasteiger partial charge in [-0.15, -0.1) is 0 Å². The second kappa shape index (κ2) is 3.99. The van der Waals surface area contributed by atoms with Gasteiger partial charge in [-0.2, -0.15) is 5.10 Å². The molecule has 0 amide bonds. The van der Waals surface area contributed by atoms with Gasteiger partial charge in [0.05, 0.1) is 11.7 Å². The summed E-state index contributed by atoms with van der Waals surface area (Å²) in [6.07, 6.45) is 4.51. The molecule has 3 heterocycles. The normalized spacial score (nSPS) is 30.8. The number of hydrogen-bond acceptors (Lipinski definition) is 3. The largest absolute Gasteiger partial charge is 0.382 e. The first kappa shape index (κ1) is 10.4. The van der Waals surface area contributed by atoms with Gasteiger partial charge in [-0.25, -0.2) is 0 Å². The Morgan fingerprint density at radius 2 is 2.22 bits per heavy atom. The lowest BCUT2D eigenvalue weighted by Crippen LogP contribution is -2.39. The molecule has 2 saturated heterocycles. The van der Waals surface area contributed by atoms with E-state index in [-0.39, 0.29) is 0 Å². The number of benzene rings is 1. The molecule has 18 heavy (non-hydrogen) atoms. The lowest BCUT2D eigenvalue weighted by Gasteiger charge is -2.31. The van der Waals surface area contributed by atoms with Gasteiger partial charge in [0.2, 0.25) is 0 Å². The quantitative estimate of drug-likeness (QED) is 0.847. The maximum atomic E-state index is 4.07. The first-order valence-electron chi connectivity index (χ1n) is 6.80. The Morgan fingerprint density at radius 3 is 3.22 bits per heavy atom. The second-order valence-electron chi connectivity index (χ2n) is 5.56. The van der Waals surface area contributed by atoms with E-state index in [4.69, 9.17) is 0 Å². The van der Waals surface area contributed by atoms with Crippen LogP contribution >= 0.6 is 0 Å². The summed E-state index contributed by atoms with van der Waals surface area (Å²) >= 11 is 0. The number of aromatic nitrogens is 2. The fourth-order valence-electron chi connectivity index (χ4n) is 3.39. The Kier molecular flexibility index (Phi) is 2.30. The molecule has 0 aliphatic carbocycles. The summed E-state index contributed by atoms with van der Waals surface area (Å²) in [4.78, 5) is 2.59. The van der Waals surface area contributed by atoms with E-state index in [1.54, 1.807) is 0 Å². The molecule has 2 aliphatic heterocycles. The summed E-state index contributed by atoms with van der Waals surface area (Å²) in [6.45, 7) is 3.83. The summed E-state index contributed by atoms with van der Waals surface area (Å²) in [5.41, 5.74) is 2.34. The Hall–Kier alpha value is -1.55. The van der Waals surface area contributed by atoms with Crippen molar-refractivity contribution in [3.05, 3.63) is 24.4 Å². The van der Waals surface area contributed by atoms with Crippen LogP contribution in [0.3, 0.4) is 0 Å². The molecule has 0 spiro atoms. The lowest BCUT2D eigenvalue weighted by molar-refractivity contribution is 0.255. The average Bonchev–Trinajstić information content (AvgIpc) is 3.00. The van der Waals surface area contributed by atoms with Gasteiger partial charge in [-0.3, -0.25) is 5.10 Å². The third kappa shape index (κ3) is 1.68. The summed E-state index contributed by atoms with van der Waals surface area (Å²) in [6, 6.07) is 7.10. The number of aromatic amines is 1. The van der Waals surface area contributed by atoms with Crippen molar-refractivity contribution in [1.29, 1.82) is 0 Å². The van der Waals surface area contributed by atoms with Gasteiger partial charge in [0.1, 0.15) is 0 Å². The molecule has 4 nitrogen and oxygen atoms in total. The highest BCUT2D eigenvalue weighted by molar-refractivity contribution is 5.81. The molecule has 0 saturated carbocycles. The minimum Gasteiger partial charge on any atom is -0.382 e. The smallest absolute Gasteiger partial charge is 0.0651 e. The molecule has 3 unspecified atom stereocenters. The van der Waals surface area contributed by atoms with Gasteiger partial charge in [0, 0.05) is 30.2 Å². The number of hydrogen-bond donors (Lipinski definition) is 2. The molecule has 4 rings (SSSR count). The minimum atomic E-state index is 0.646. The maximum absolute atomic E-state index is 4.07. The van der Waals surface area contributed by atoms with Crippen molar-refractivity contribution in [3.8, 4) is 0 Å². The highest BCUT2D eigenvalue weighted by atomic mass is 15.2. The Labute approximate surface area is 106 Å². The van der Waals surface area contributed by atoms with Crippen LogP contribution < -0.4 is 5.32 Å². The van der Waals surface area contributed by atoms with E-state index < -0.39 is 0 Å². The molecule has 3 atom stereocenters. The maximum Gasteiger partial charge on any atom is 0.0651 e. The van der Waals surface area contributed by atoms with Crippen LogP contribution in [0.2, 0.25) is 0 Å². The first-order valence-corrected chi connectivity index (χ1v) is 6.80.